The molecule has 0 saturated heterocycles. The lowest BCUT2D eigenvalue weighted by Crippen LogP contribution is -2.10. The van der Waals surface area contributed by atoms with E-state index in [1.54, 1.807) is 12.1 Å². The number of carbonyl (C=O) groups is 1. The highest BCUT2D eigenvalue weighted by Gasteiger charge is 2.24. The van der Waals surface area contributed by atoms with Gasteiger partial charge in [-0.2, -0.15) is 5.10 Å². The molecular formula is C20H19ClN2O3. The van der Waals surface area contributed by atoms with E-state index in [9.17, 15) is 9.90 Å². The molecule has 1 unspecified atom stereocenters. The van der Waals surface area contributed by atoms with Crippen LogP contribution < -0.4 is 4.74 Å². The van der Waals surface area contributed by atoms with Gasteiger partial charge in [-0.25, -0.2) is 4.79 Å². The fourth-order valence-electron chi connectivity index (χ4n) is 2.92. The number of carboxylic acids is 1. The number of H-pyrrole nitrogens is 1. The second-order valence-corrected chi connectivity index (χ2v) is 6.26. The van der Waals surface area contributed by atoms with Crippen LogP contribution in [0.3, 0.4) is 0 Å². The monoisotopic (exact) mass is 370 g/mol. The smallest absolute Gasteiger partial charge is 0.339 e. The van der Waals surface area contributed by atoms with Gasteiger partial charge >= 0.3 is 5.97 Å². The minimum atomic E-state index is -1.02. The minimum absolute atomic E-state index is 0.136. The van der Waals surface area contributed by atoms with E-state index in [1.165, 1.54) is 0 Å². The van der Waals surface area contributed by atoms with Crippen LogP contribution in [-0.4, -0.2) is 21.3 Å². The molecule has 2 N–H and O–H groups in total. The molecule has 1 atom stereocenters. The number of aromatic amines is 1. The molecule has 0 amide bonds. The summed E-state index contributed by atoms with van der Waals surface area (Å²) in [5.41, 5.74) is 3.26. The summed E-state index contributed by atoms with van der Waals surface area (Å²) in [4.78, 5) is 11.6. The summed E-state index contributed by atoms with van der Waals surface area (Å²) in [5.74, 6) is -0.657. The van der Waals surface area contributed by atoms with Crippen LogP contribution in [0.4, 0.5) is 0 Å². The maximum absolute atomic E-state index is 11.6. The van der Waals surface area contributed by atoms with E-state index in [0.717, 1.165) is 11.1 Å². The Bertz CT molecular complexity index is 922. The zero-order valence-corrected chi connectivity index (χ0v) is 15.2. The first-order valence-electron chi connectivity index (χ1n) is 8.34. The number of aryl methyl sites for hydroxylation is 1. The molecule has 6 heteroatoms. The highest BCUT2D eigenvalue weighted by molar-refractivity contribution is 6.30. The Morgan fingerprint density at radius 2 is 1.96 bits per heavy atom. The lowest BCUT2D eigenvalue weighted by Gasteiger charge is -2.19. The van der Waals surface area contributed by atoms with Crippen molar-refractivity contribution in [2.75, 3.05) is 0 Å². The fourth-order valence-corrected chi connectivity index (χ4v) is 3.21. The van der Waals surface area contributed by atoms with Crippen molar-refractivity contribution < 1.29 is 14.6 Å². The molecule has 2 aromatic carbocycles. The number of ether oxygens (including phenoxy) is 1. The molecule has 0 aliphatic rings. The predicted octanol–water partition coefficient (Wildman–Crippen LogP) is 5.13. The van der Waals surface area contributed by atoms with Gasteiger partial charge in [0.05, 0.1) is 5.56 Å². The van der Waals surface area contributed by atoms with E-state index in [4.69, 9.17) is 16.3 Å². The summed E-state index contributed by atoms with van der Waals surface area (Å²) in [6.07, 6.45) is 0.177. The van der Waals surface area contributed by atoms with Crippen LogP contribution in [-0.2, 0) is 6.42 Å². The third kappa shape index (κ3) is 3.44. The molecule has 1 aromatic heterocycles. The van der Waals surface area contributed by atoms with Gasteiger partial charge in [0.25, 0.3) is 0 Å². The van der Waals surface area contributed by atoms with Gasteiger partial charge in [-0.3, -0.25) is 5.10 Å². The van der Waals surface area contributed by atoms with E-state index < -0.39 is 12.1 Å². The molecule has 0 spiro atoms. The van der Waals surface area contributed by atoms with E-state index >= 15 is 0 Å². The Balaban J connectivity index is 2.02. The van der Waals surface area contributed by atoms with Gasteiger partial charge in [0.1, 0.15) is 28.3 Å². The maximum atomic E-state index is 11.6. The molecule has 0 bridgehead atoms. The van der Waals surface area contributed by atoms with Gasteiger partial charge in [0, 0.05) is 5.56 Å². The molecule has 134 valence electrons. The van der Waals surface area contributed by atoms with Crippen LogP contribution in [0.2, 0.25) is 5.15 Å². The topological polar surface area (TPSA) is 75.2 Å². The lowest BCUT2D eigenvalue weighted by molar-refractivity contribution is 0.0689. The largest absolute Gasteiger partial charge is 0.485 e. The number of aromatic nitrogens is 2. The van der Waals surface area contributed by atoms with Crippen LogP contribution in [0.5, 0.6) is 5.75 Å². The van der Waals surface area contributed by atoms with Gasteiger partial charge in [-0.1, -0.05) is 61.0 Å². The number of nitrogens with one attached hydrogen (secondary N) is 1. The molecule has 3 rings (SSSR count). The number of benzene rings is 2. The molecule has 0 aliphatic carbocycles. The number of nitrogens with zero attached hydrogens (tertiary/aromatic N) is 1. The fraction of sp³-hybridized carbons (Fsp3) is 0.200. The number of hydrogen-bond donors (Lipinski definition) is 2. The summed E-state index contributed by atoms with van der Waals surface area (Å²) in [5, 5.41) is 17.0. The van der Waals surface area contributed by atoms with E-state index in [-0.39, 0.29) is 5.56 Å². The van der Waals surface area contributed by atoms with Crippen molar-refractivity contribution >= 4 is 17.6 Å². The zero-order valence-electron chi connectivity index (χ0n) is 14.5. The second-order valence-electron chi connectivity index (χ2n) is 5.88. The zero-order chi connectivity index (χ0) is 18.7. The summed E-state index contributed by atoms with van der Waals surface area (Å²) in [7, 11) is 0. The Labute approximate surface area is 156 Å². The minimum Gasteiger partial charge on any atom is -0.485 e. The number of carboxylic acid groups (broad SMARTS) is 1. The predicted molar refractivity (Wildman–Crippen MR) is 101 cm³/mol. The SMILES string of the molecule is CCc1cccc(C(=O)O)c1OC(C)c1c(-c2ccccc2)n[nH]c1Cl. The number of aromatic carboxylic acids is 1. The number of halogens is 1. The standard InChI is InChI=1S/C20H19ClN2O3/c1-3-13-10-7-11-15(20(24)25)18(13)26-12(2)16-17(22-23-19(16)21)14-8-5-4-6-9-14/h4-12H,3H2,1-2H3,(H,22,23)(H,24,25). The first-order chi connectivity index (χ1) is 12.5. The van der Waals surface area contributed by atoms with E-state index in [0.29, 0.717) is 28.6 Å². The molecule has 0 fully saturated rings. The Morgan fingerprint density at radius 1 is 1.23 bits per heavy atom. The first kappa shape index (κ1) is 18.0. The third-order valence-electron chi connectivity index (χ3n) is 4.21. The molecule has 0 radical (unpaired) electrons. The van der Waals surface area contributed by atoms with Crippen molar-refractivity contribution in [3.8, 4) is 17.0 Å². The Morgan fingerprint density at radius 3 is 2.62 bits per heavy atom. The number of hydrogen-bond acceptors (Lipinski definition) is 3. The summed E-state index contributed by atoms with van der Waals surface area (Å²) in [6.45, 7) is 3.79. The van der Waals surface area contributed by atoms with Crippen LogP contribution in [0.15, 0.2) is 48.5 Å². The summed E-state index contributed by atoms with van der Waals surface area (Å²) >= 11 is 6.32. The van der Waals surface area contributed by atoms with Crippen molar-refractivity contribution in [1.29, 1.82) is 0 Å². The van der Waals surface area contributed by atoms with E-state index in [2.05, 4.69) is 10.2 Å². The van der Waals surface area contributed by atoms with Crippen LogP contribution in [0.1, 0.15) is 41.4 Å². The van der Waals surface area contributed by atoms with Gasteiger partial charge in [0.15, 0.2) is 0 Å². The van der Waals surface area contributed by atoms with Crippen molar-refractivity contribution in [2.24, 2.45) is 0 Å². The molecule has 26 heavy (non-hydrogen) atoms. The molecule has 5 nitrogen and oxygen atoms in total. The maximum Gasteiger partial charge on any atom is 0.339 e. The van der Waals surface area contributed by atoms with Crippen LogP contribution in [0.25, 0.3) is 11.3 Å². The lowest BCUT2D eigenvalue weighted by atomic mass is 10.0. The molecule has 0 aliphatic heterocycles. The van der Waals surface area contributed by atoms with Gasteiger partial charge in [-0.15, -0.1) is 0 Å². The Kier molecular flexibility index (Phi) is 5.28. The second kappa shape index (κ2) is 7.62. The third-order valence-corrected chi connectivity index (χ3v) is 4.50. The molecule has 1 heterocycles. The highest BCUT2D eigenvalue weighted by atomic mass is 35.5. The number of rotatable bonds is 6. The van der Waals surface area contributed by atoms with Gasteiger partial charge in [-0.05, 0) is 25.0 Å². The molecule has 3 aromatic rings. The first-order valence-corrected chi connectivity index (χ1v) is 8.71. The number of para-hydroxylation sites is 1. The average Bonchev–Trinajstić information content (AvgIpc) is 3.04. The van der Waals surface area contributed by atoms with Gasteiger partial charge < -0.3 is 9.84 Å². The molecular weight excluding hydrogens is 352 g/mol. The molecule has 0 saturated carbocycles. The van der Waals surface area contributed by atoms with Crippen LogP contribution >= 0.6 is 11.6 Å². The van der Waals surface area contributed by atoms with Crippen molar-refractivity contribution in [3.63, 3.8) is 0 Å². The van der Waals surface area contributed by atoms with Crippen molar-refractivity contribution in [1.82, 2.24) is 10.2 Å². The average molecular weight is 371 g/mol. The normalized spacial score (nSPS) is 12.0. The van der Waals surface area contributed by atoms with Crippen molar-refractivity contribution in [3.05, 3.63) is 70.4 Å². The summed E-state index contributed by atoms with van der Waals surface area (Å²) < 4.78 is 6.09. The Hall–Kier alpha value is -2.79. The summed E-state index contributed by atoms with van der Waals surface area (Å²) in [6, 6.07) is 14.8. The highest BCUT2D eigenvalue weighted by Crippen LogP contribution is 2.36. The van der Waals surface area contributed by atoms with E-state index in [1.807, 2.05) is 50.2 Å². The van der Waals surface area contributed by atoms with Gasteiger partial charge in [0.2, 0.25) is 0 Å². The van der Waals surface area contributed by atoms with Crippen LogP contribution in [0, 0.1) is 0 Å². The van der Waals surface area contributed by atoms with Crippen molar-refractivity contribution in [2.45, 2.75) is 26.4 Å². The quantitative estimate of drug-likeness (QED) is 0.630.